The Bertz CT molecular complexity index is 718. The van der Waals surface area contributed by atoms with Crippen molar-refractivity contribution < 1.29 is 13.2 Å². The average Bonchev–Trinajstić information content (AvgIpc) is 2.93. The molecule has 1 atom stereocenters. The van der Waals surface area contributed by atoms with Gasteiger partial charge >= 0.3 is 0 Å². The van der Waals surface area contributed by atoms with Crippen molar-refractivity contribution in [3.8, 4) is 0 Å². The highest BCUT2D eigenvalue weighted by Gasteiger charge is 2.30. The van der Waals surface area contributed by atoms with Crippen LogP contribution < -0.4 is 5.73 Å². The highest BCUT2D eigenvalue weighted by Crippen LogP contribution is 2.24. The Kier molecular flexibility index (Phi) is 7.46. The van der Waals surface area contributed by atoms with Gasteiger partial charge in [-0.25, -0.2) is 8.42 Å². The molecule has 2 heterocycles. The molecule has 6 nitrogen and oxygen atoms in total. The van der Waals surface area contributed by atoms with Crippen LogP contribution in [-0.2, 0) is 10.0 Å². The normalized spacial score (nSPS) is 21.9. The largest absolute Gasteiger partial charge is 0.334 e. The minimum Gasteiger partial charge on any atom is -0.334 e. The summed E-state index contributed by atoms with van der Waals surface area (Å²) in [5.41, 5.74) is 6.18. The van der Waals surface area contributed by atoms with E-state index in [9.17, 15) is 13.2 Å². The lowest BCUT2D eigenvalue weighted by Gasteiger charge is -2.24. The van der Waals surface area contributed by atoms with Crippen molar-refractivity contribution in [1.82, 2.24) is 9.21 Å². The molecule has 146 valence electrons. The Morgan fingerprint density at radius 2 is 1.77 bits per heavy atom. The number of likely N-dealkylation sites (tertiary alicyclic amines) is 1. The van der Waals surface area contributed by atoms with Gasteiger partial charge in [-0.15, -0.1) is 12.4 Å². The van der Waals surface area contributed by atoms with Gasteiger partial charge in [0, 0.05) is 37.8 Å². The van der Waals surface area contributed by atoms with E-state index in [0.29, 0.717) is 31.7 Å². The van der Waals surface area contributed by atoms with Crippen LogP contribution in [0.1, 0.15) is 48.9 Å². The quantitative estimate of drug-likeness (QED) is 0.838. The molecule has 8 heteroatoms. The summed E-state index contributed by atoms with van der Waals surface area (Å²) in [6.45, 7) is 2.24. The first-order valence-corrected chi connectivity index (χ1v) is 10.6. The van der Waals surface area contributed by atoms with Gasteiger partial charge in [0.2, 0.25) is 10.0 Å². The summed E-state index contributed by atoms with van der Waals surface area (Å²) in [5.74, 6) is -0.124. The van der Waals surface area contributed by atoms with Gasteiger partial charge < -0.3 is 10.6 Å². The van der Waals surface area contributed by atoms with E-state index in [-0.39, 0.29) is 29.3 Å². The van der Waals surface area contributed by atoms with E-state index in [1.54, 1.807) is 27.4 Å². The third kappa shape index (κ3) is 4.39. The third-order valence-corrected chi connectivity index (χ3v) is 7.09. The van der Waals surface area contributed by atoms with Crippen LogP contribution in [0.15, 0.2) is 29.2 Å². The molecule has 1 unspecified atom stereocenters. The van der Waals surface area contributed by atoms with E-state index in [2.05, 4.69) is 0 Å². The van der Waals surface area contributed by atoms with E-state index in [4.69, 9.17) is 5.73 Å². The summed E-state index contributed by atoms with van der Waals surface area (Å²) < 4.78 is 27.4. The van der Waals surface area contributed by atoms with Gasteiger partial charge in [0.15, 0.2) is 0 Å². The Hall–Kier alpha value is -1.15. The molecule has 1 amide bonds. The Balaban J connectivity index is 0.00000243. The Morgan fingerprint density at radius 1 is 1.08 bits per heavy atom. The van der Waals surface area contributed by atoms with Gasteiger partial charge in [-0.3, -0.25) is 4.79 Å². The van der Waals surface area contributed by atoms with Crippen LogP contribution in [0.4, 0.5) is 0 Å². The molecule has 3 rings (SSSR count). The van der Waals surface area contributed by atoms with E-state index >= 15 is 0 Å². The summed E-state index contributed by atoms with van der Waals surface area (Å²) in [6, 6.07) is 6.51. The Morgan fingerprint density at radius 3 is 2.42 bits per heavy atom. The number of rotatable bonds is 4. The number of benzene rings is 1. The molecule has 2 aliphatic rings. The fourth-order valence-corrected chi connectivity index (χ4v) is 5.30. The van der Waals surface area contributed by atoms with Crippen molar-refractivity contribution in [2.75, 3.05) is 26.2 Å². The van der Waals surface area contributed by atoms with Gasteiger partial charge in [-0.1, -0.05) is 18.9 Å². The van der Waals surface area contributed by atoms with E-state index in [1.807, 2.05) is 0 Å². The van der Waals surface area contributed by atoms with E-state index in [1.165, 1.54) is 6.07 Å². The van der Waals surface area contributed by atoms with Crippen LogP contribution in [0, 0.1) is 0 Å². The molecule has 26 heavy (non-hydrogen) atoms. The lowest BCUT2D eigenvalue weighted by molar-refractivity contribution is 0.0741. The minimum absolute atomic E-state index is 0. The first kappa shape index (κ1) is 21.2. The summed E-state index contributed by atoms with van der Waals surface area (Å²) in [5, 5.41) is 0. The monoisotopic (exact) mass is 401 g/mol. The number of halogens is 1. The van der Waals surface area contributed by atoms with Crippen molar-refractivity contribution in [3.63, 3.8) is 0 Å². The smallest absolute Gasteiger partial charge is 0.254 e. The molecular formula is C18H28ClN3O3S. The van der Waals surface area contributed by atoms with Crippen molar-refractivity contribution in [2.24, 2.45) is 5.73 Å². The number of carbonyl (C=O) groups excluding carboxylic acids is 1. The van der Waals surface area contributed by atoms with Gasteiger partial charge in [-0.05, 0) is 43.9 Å². The molecule has 0 spiro atoms. The molecule has 0 saturated carbocycles. The van der Waals surface area contributed by atoms with Crippen molar-refractivity contribution in [2.45, 2.75) is 49.5 Å². The molecule has 1 aromatic rings. The second-order valence-corrected chi connectivity index (χ2v) is 8.81. The van der Waals surface area contributed by atoms with Crippen molar-refractivity contribution in [3.05, 3.63) is 29.8 Å². The van der Waals surface area contributed by atoms with Crippen LogP contribution in [-0.4, -0.2) is 55.8 Å². The van der Waals surface area contributed by atoms with Crippen LogP contribution in [0.5, 0.6) is 0 Å². The van der Waals surface area contributed by atoms with Crippen molar-refractivity contribution >= 4 is 28.3 Å². The maximum atomic E-state index is 12.9. The van der Waals surface area contributed by atoms with Crippen LogP contribution >= 0.6 is 12.4 Å². The Labute approximate surface area is 162 Å². The molecule has 2 aliphatic heterocycles. The SMILES string of the molecule is Cl.NCC1CCCN1C(=O)c1cccc(S(=O)(=O)N2CCCCCC2)c1. The lowest BCUT2D eigenvalue weighted by atomic mass is 10.1. The second-order valence-electron chi connectivity index (χ2n) is 6.88. The predicted molar refractivity (Wildman–Crippen MR) is 104 cm³/mol. The number of amides is 1. The molecule has 2 saturated heterocycles. The first-order chi connectivity index (χ1) is 12.0. The van der Waals surface area contributed by atoms with Crippen molar-refractivity contribution in [1.29, 1.82) is 0 Å². The summed E-state index contributed by atoms with van der Waals surface area (Å²) in [7, 11) is -3.55. The van der Waals surface area contributed by atoms with E-state index < -0.39 is 10.0 Å². The van der Waals surface area contributed by atoms with Gasteiger partial charge in [0.05, 0.1) is 4.90 Å². The number of nitrogens with two attached hydrogens (primary N) is 1. The summed E-state index contributed by atoms with van der Waals surface area (Å²) >= 11 is 0. The third-order valence-electron chi connectivity index (χ3n) is 5.19. The van der Waals surface area contributed by atoms with Gasteiger partial charge in [0.25, 0.3) is 5.91 Å². The van der Waals surface area contributed by atoms with Crippen LogP contribution in [0.3, 0.4) is 0 Å². The number of hydrogen-bond donors (Lipinski definition) is 1. The molecule has 2 fully saturated rings. The minimum atomic E-state index is -3.55. The topological polar surface area (TPSA) is 83.7 Å². The average molecular weight is 402 g/mol. The summed E-state index contributed by atoms with van der Waals surface area (Å²) in [6.07, 6.45) is 5.78. The van der Waals surface area contributed by atoms with Gasteiger partial charge in [-0.2, -0.15) is 4.31 Å². The molecule has 2 N–H and O–H groups in total. The van der Waals surface area contributed by atoms with Gasteiger partial charge in [0.1, 0.15) is 0 Å². The highest BCUT2D eigenvalue weighted by molar-refractivity contribution is 7.89. The fourth-order valence-electron chi connectivity index (χ4n) is 3.73. The molecular weight excluding hydrogens is 374 g/mol. The zero-order valence-corrected chi connectivity index (χ0v) is 16.6. The highest BCUT2D eigenvalue weighted by atomic mass is 35.5. The van der Waals surface area contributed by atoms with Crippen LogP contribution in [0.2, 0.25) is 0 Å². The summed E-state index contributed by atoms with van der Waals surface area (Å²) in [4.78, 5) is 14.8. The standard InChI is InChI=1S/C18H27N3O3S.ClH/c19-14-16-8-6-12-21(16)18(22)15-7-5-9-17(13-15)25(23,24)20-10-3-1-2-4-11-20;/h5,7,9,13,16H,1-4,6,8,10-12,14,19H2;1H. The first-order valence-electron chi connectivity index (χ1n) is 9.15. The predicted octanol–water partition coefficient (Wildman–Crippen LogP) is 2.24. The lowest BCUT2D eigenvalue weighted by Crippen LogP contribution is -2.40. The fraction of sp³-hybridized carbons (Fsp3) is 0.611. The molecule has 1 aromatic carbocycles. The molecule has 0 aliphatic carbocycles. The second kappa shape index (κ2) is 9.17. The number of nitrogens with zero attached hydrogens (tertiary/aromatic N) is 2. The van der Waals surface area contributed by atoms with E-state index in [0.717, 1.165) is 38.5 Å². The zero-order valence-electron chi connectivity index (χ0n) is 15.0. The zero-order chi connectivity index (χ0) is 17.9. The number of hydrogen-bond acceptors (Lipinski definition) is 4. The van der Waals surface area contributed by atoms with Crippen LogP contribution in [0.25, 0.3) is 0 Å². The molecule has 0 aromatic heterocycles. The maximum absolute atomic E-state index is 12.9. The number of carbonyl (C=O) groups is 1. The molecule has 0 bridgehead atoms. The maximum Gasteiger partial charge on any atom is 0.254 e. The number of sulfonamides is 1. The molecule has 0 radical (unpaired) electrons.